The molecule has 2 aromatic rings. The Morgan fingerprint density at radius 1 is 1.35 bits per heavy atom. The van der Waals surface area contributed by atoms with E-state index < -0.39 is 5.67 Å². The summed E-state index contributed by atoms with van der Waals surface area (Å²) in [7, 11) is 0. The van der Waals surface area contributed by atoms with Crippen molar-refractivity contribution < 1.29 is 4.39 Å². The summed E-state index contributed by atoms with van der Waals surface area (Å²) in [6.45, 7) is 1.97. The molecule has 0 fully saturated rings. The molecule has 0 amide bonds. The van der Waals surface area contributed by atoms with E-state index in [1.54, 1.807) is 12.3 Å². The van der Waals surface area contributed by atoms with Crippen LogP contribution in [0, 0.1) is 0 Å². The van der Waals surface area contributed by atoms with Crippen molar-refractivity contribution in [3.8, 4) is 0 Å². The van der Waals surface area contributed by atoms with Crippen molar-refractivity contribution in [1.82, 2.24) is 4.98 Å². The largest absolute Gasteiger partial charge is 0.327 e. The molecule has 0 aliphatic heterocycles. The average Bonchev–Trinajstić information content (AvgIpc) is 2.38. The van der Waals surface area contributed by atoms with Gasteiger partial charge in [-0.1, -0.05) is 31.5 Å². The highest BCUT2D eigenvalue weighted by Crippen LogP contribution is 2.31. The first-order chi connectivity index (χ1) is 8.19. The Balaban J connectivity index is 2.47. The number of pyridine rings is 1. The number of hydrogen-bond donors (Lipinski definition) is 1. The molecule has 1 heterocycles. The van der Waals surface area contributed by atoms with E-state index in [2.05, 4.69) is 4.98 Å². The molecule has 2 rings (SSSR count). The quantitative estimate of drug-likeness (QED) is 0.879. The van der Waals surface area contributed by atoms with Crippen LogP contribution in [0.5, 0.6) is 0 Å². The van der Waals surface area contributed by atoms with Gasteiger partial charge >= 0.3 is 0 Å². The summed E-state index contributed by atoms with van der Waals surface area (Å²) < 4.78 is 14.6. The molecule has 0 saturated heterocycles. The van der Waals surface area contributed by atoms with E-state index in [9.17, 15) is 4.39 Å². The van der Waals surface area contributed by atoms with Crippen LogP contribution in [0.4, 0.5) is 4.39 Å². The summed E-state index contributed by atoms with van der Waals surface area (Å²) in [6.07, 6.45) is 2.93. The van der Waals surface area contributed by atoms with Gasteiger partial charge in [0.05, 0.1) is 5.52 Å². The van der Waals surface area contributed by atoms with Crippen molar-refractivity contribution in [2.45, 2.75) is 25.4 Å². The van der Waals surface area contributed by atoms with Crippen LogP contribution in [0.3, 0.4) is 0 Å². The predicted molar refractivity (Wildman–Crippen MR) is 68.5 cm³/mol. The minimum absolute atomic E-state index is 0.0131. The monoisotopic (exact) mass is 232 g/mol. The number of hydrogen-bond acceptors (Lipinski definition) is 2. The second kappa shape index (κ2) is 4.80. The Hall–Kier alpha value is -1.48. The molecule has 1 atom stereocenters. The molecule has 1 aromatic heterocycles. The van der Waals surface area contributed by atoms with Gasteiger partial charge in [-0.2, -0.15) is 0 Å². The van der Waals surface area contributed by atoms with Gasteiger partial charge in [-0.05, 0) is 24.1 Å². The number of fused-ring (bicyclic) bond motifs is 1. The second-order valence-electron chi connectivity index (χ2n) is 4.33. The van der Waals surface area contributed by atoms with Crippen molar-refractivity contribution in [3.63, 3.8) is 0 Å². The van der Waals surface area contributed by atoms with Crippen molar-refractivity contribution >= 4 is 10.9 Å². The smallest absolute Gasteiger partial charge is 0.148 e. The van der Waals surface area contributed by atoms with Crippen molar-refractivity contribution in [2.75, 3.05) is 6.54 Å². The van der Waals surface area contributed by atoms with Gasteiger partial charge in [-0.15, -0.1) is 0 Å². The Labute approximate surface area is 101 Å². The maximum Gasteiger partial charge on any atom is 0.148 e. The van der Waals surface area contributed by atoms with Crippen LogP contribution in [-0.4, -0.2) is 11.5 Å². The fourth-order valence-electron chi connectivity index (χ4n) is 2.11. The summed E-state index contributed by atoms with van der Waals surface area (Å²) in [5, 5.41) is 1.02. The number of halogens is 1. The lowest BCUT2D eigenvalue weighted by Crippen LogP contribution is -2.30. The standard InChI is InChI=1S/C14H17FN2/c1-2-7-14(15,10-16)12-6-5-11-4-3-8-17-13(11)9-12/h3-6,8-9H,2,7,10,16H2,1H3. The van der Waals surface area contributed by atoms with Gasteiger partial charge in [0, 0.05) is 18.1 Å². The van der Waals surface area contributed by atoms with Crippen LogP contribution in [0.1, 0.15) is 25.3 Å². The third-order valence-corrected chi connectivity index (χ3v) is 3.09. The first-order valence-electron chi connectivity index (χ1n) is 5.94. The average molecular weight is 232 g/mol. The zero-order valence-electron chi connectivity index (χ0n) is 9.99. The number of nitrogens with zero attached hydrogens (tertiary/aromatic N) is 1. The Bertz CT molecular complexity index is 512. The van der Waals surface area contributed by atoms with Crippen LogP contribution in [-0.2, 0) is 5.67 Å². The van der Waals surface area contributed by atoms with Crippen molar-refractivity contribution in [3.05, 3.63) is 42.1 Å². The normalized spacial score (nSPS) is 14.8. The van der Waals surface area contributed by atoms with Crippen LogP contribution in [0.15, 0.2) is 36.5 Å². The second-order valence-corrected chi connectivity index (χ2v) is 4.33. The van der Waals surface area contributed by atoms with E-state index in [0.29, 0.717) is 12.0 Å². The first-order valence-corrected chi connectivity index (χ1v) is 5.94. The fourth-order valence-corrected chi connectivity index (χ4v) is 2.11. The van der Waals surface area contributed by atoms with Gasteiger partial charge in [0.2, 0.25) is 0 Å². The van der Waals surface area contributed by atoms with Crippen LogP contribution in [0.25, 0.3) is 10.9 Å². The molecule has 2 N–H and O–H groups in total. The van der Waals surface area contributed by atoms with E-state index in [0.717, 1.165) is 17.3 Å². The molecule has 0 aliphatic rings. The van der Waals surface area contributed by atoms with E-state index in [-0.39, 0.29) is 6.54 Å². The Morgan fingerprint density at radius 3 is 2.88 bits per heavy atom. The number of nitrogens with two attached hydrogens (primary N) is 1. The molecular formula is C14H17FN2. The molecule has 3 heteroatoms. The van der Waals surface area contributed by atoms with E-state index in [1.807, 2.05) is 31.2 Å². The van der Waals surface area contributed by atoms with E-state index in [1.165, 1.54) is 0 Å². The molecule has 2 nitrogen and oxygen atoms in total. The third-order valence-electron chi connectivity index (χ3n) is 3.09. The Kier molecular flexibility index (Phi) is 3.38. The predicted octanol–water partition coefficient (Wildman–Crippen LogP) is 3.16. The minimum Gasteiger partial charge on any atom is -0.327 e. The summed E-state index contributed by atoms with van der Waals surface area (Å²) in [4.78, 5) is 4.24. The number of benzene rings is 1. The van der Waals surface area contributed by atoms with Gasteiger partial charge in [0.1, 0.15) is 5.67 Å². The van der Waals surface area contributed by atoms with Gasteiger partial charge in [0.15, 0.2) is 0 Å². The molecule has 0 aliphatic carbocycles. The molecule has 1 aromatic carbocycles. The van der Waals surface area contributed by atoms with Gasteiger partial charge in [0.25, 0.3) is 0 Å². The van der Waals surface area contributed by atoms with Crippen LogP contribution >= 0.6 is 0 Å². The minimum atomic E-state index is -1.43. The zero-order valence-corrected chi connectivity index (χ0v) is 9.99. The number of aromatic nitrogens is 1. The van der Waals surface area contributed by atoms with Crippen molar-refractivity contribution in [1.29, 1.82) is 0 Å². The summed E-state index contributed by atoms with van der Waals surface area (Å²) in [6, 6.07) is 9.36. The first kappa shape index (κ1) is 12.0. The maximum absolute atomic E-state index is 14.6. The molecule has 0 radical (unpaired) electrons. The molecule has 0 spiro atoms. The molecule has 0 bridgehead atoms. The maximum atomic E-state index is 14.6. The highest BCUT2D eigenvalue weighted by molar-refractivity contribution is 5.79. The highest BCUT2D eigenvalue weighted by atomic mass is 19.1. The molecule has 1 unspecified atom stereocenters. The summed E-state index contributed by atoms with van der Waals surface area (Å²) in [5.41, 5.74) is 5.59. The topological polar surface area (TPSA) is 38.9 Å². The zero-order chi connectivity index (χ0) is 12.3. The van der Waals surface area contributed by atoms with Crippen LogP contribution < -0.4 is 5.73 Å². The SMILES string of the molecule is CCCC(F)(CN)c1ccc2cccnc2c1. The van der Waals surface area contributed by atoms with Gasteiger partial charge in [-0.25, -0.2) is 4.39 Å². The molecule has 0 saturated carbocycles. The lowest BCUT2D eigenvalue weighted by Gasteiger charge is -2.23. The summed E-state index contributed by atoms with van der Waals surface area (Å²) in [5.74, 6) is 0. The highest BCUT2D eigenvalue weighted by Gasteiger charge is 2.29. The summed E-state index contributed by atoms with van der Waals surface area (Å²) >= 11 is 0. The van der Waals surface area contributed by atoms with E-state index in [4.69, 9.17) is 5.73 Å². The number of alkyl halides is 1. The fraction of sp³-hybridized carbons (Fsp3) is 0.357. The third kappa shape index (κ3) is 2.29. The lowest BCUT2D eigenvalue weighted by molar-refractivity contribution is 0.159. The Morgan fingerprint density at radius 2 is 2.18 bits per heavy atom. The van der Waals surface area contributed by atoms with Crippen molar-refractivity contribution in [2.24, 2.45) is 5.73 Å². The molecule has 17 heavy (non-hydrogen) atoms. The molecular weight excluding hydrogens is 215 g/mol. The number of rotatable bonds is 4. The van der Waals surface area contributed by atoms with E-state index >= 15 is 0 Å². The van der Waals surface area contributed by atoms with Gasteiger partial charge < -0.3 is 5.73 Å². The molecule has 90 valence electrons. The lowest BCUT2D eigenvalue weighted by atomic mass is 9.90. The van der Waals surface area contributed by atoms with Crippen LogP contribution in [0.2, 0.25) is 0 Å². The van der Waals surface area contributed by atoms with Gasteiger partial charge in [-0.3, -0.25) is 4.98 Å².